The molecule has 3 aromatic rings. The first-order valence-electron chi connectivity index (χ1n) is 9.55. The zero-order chi connectivity index (χ0) is 23.8. The Morgan fingerprint density at radius 3 is 1.91 bits per heavy atom. The van der Waals surface area contributed by atoms with E-state index in [0.29, 0.717) is 39.5 Å². The molecule has 3 rings (SSSR count). The van der Waals surface area contributed by atoms with Crippen LogP contribution in [0.25, 0.3) is 0 Å². The lowest BCUT2D eigenvalue weighted by molar-refractivity contribution is 0.324. The van der Waals surface area contributed by atoms with Gasteiger partial charge in [-0.3, -0.25) is 0 Å². The van der Waals surface area contributed by atoms with Crippen molar-refractivity contribution in [3.63, 3.8) is 0 Å². The van der Waals surface area contributed by atoms with Gasteiger partial charge in [0, 0.05) is 34.3 Å². The molecule has 0 radical (unpaired) electrons. The third kappa shape index (κ3) is 6.78. The molecule has 0 amide bonds. The Hall–Kier alpha value is -2.94. The van der Waals surface area contributed by atoms with Gasteiger partial charge in [0.2, 0.25) is 11.7 Å². The number of nitrogens with zero attached hydrogens (tertiary/aromatic N) is 2. The summed E-state index contributed by atoms with van der Waals surface area (Å²) in [5.74, 6) is 2.23. The molecule has 1 heterocycles. The van der Waals surface area contributed by atoms with Crippen LogP contribution in [-0.4, -0.2) is 31.3 Å². The summed E-state index contributed by atoms with van der Waals surface area (Å²) >= 11 is 11.5. The molecule has 6 N–H and O–H groups in total. The fraction of sp³-hybridized carbons (Fsp3) is 0.273. The molecule has 0 saturated carbocycles. The number of benzene rings is 2. The number of halogens is 2. The molecule has 0 aliphatic heterocycles. The average Bonchev–Trinajstić information content (AvgIpc) is 2.74. The number of nitrogens with two attached hydrogens (primary N) is 3. The van der Waals surface area contributed by atoms with Gasteiger partial charge in [0.15, 0.2) is 11.5 Å². The second kappa shape index (κ2) is 11.6. The highest BCUT2D eigenvalue weighted by Crippen LogP contribution is 2.38. The van der Waals surface area contributed by atoms with Crippen molar-refractivity contribution in [1.82, 2.24) is 9.97 Å². The van der Waals surface area contributed by atoms with Gasteiger partial charge in [0.25, 0.3) is 0 Å². The number of ether oxygens (including phenoxy) is 3. The van der Waals surface area contributed by atoms with Crippen LogP contribution in [0.1, 0.15) is 29.7 Å². The summed E-state index contributed by atoms with van der Waals surface area (Å²) in [6.07, 6.45) is 2.14. The lowest BCUT2D eigenvalue weighted by Crippen LogP contribution is -2.04. The lowest BCUT2D eigenvalue weighted by atomic mass is 10.1. The van der Waals surface area contributed by atoms with Crippen molar-refractivity contribution in [3.05, 3.63) is 63.3 Å². The molecule has 0 bridgehead atoms. The first-order chi connectivity index (χ1) is 15.2. The maximum absolute atomic E-state index is 5.85. The van der Waals surface area contributed by atoms with Crippen molar-refractivity contribution in [2.45, 2.75) is 19.4 Å². The fourth-order valence-corrected chi connectivity index (χ4v) is 3.41. The predicted molar refractivity (Wildman–Crippen MR) is 129 cm³/mol. The molecule has 0 saturated heterocycles. The summed E-state index contributed by atoms with van der Waals surface area (Å²) in [6.45, 7) is 1.89. The Bertz CT molecular complexity index is 1020. The van der Waals surface area contributed by atoms with Gasteiger partial charge in [-0.05, 0) is 48.4 Å². The molecule has 2 aromatic carbocycles. The van der Waals surface area contributed by atoms with Gasteiger partial charge in [-0.1, -0.05) is 23.2 Å². The monoisotopic (exact) mass is 479 g/mol. The smallest absolute Gasteiger partial charge is 0.221 e. The second-order valence-corrected chi connectivity index (χ2v) is 7.71. The number of hydrogen-bond donors (Lipinski definition) is 3. The van der Waals surface area contributed by atoms with Crippen LogP contribution in [0.3, 0.4) is 0 Å². The largest absolute Gasteiger partial charge is 0.493 e. The molecule has 1 unspecified atom stereocenters. The fourth-order valence-electron chi connectivity index (χ4n) is 2.87. The van der Waals surface area contributed by atoms with E-state index in [1.807, 2.05) is 31.2 Å². The molecular weight excluding hydrogens is 453 g/mol. The van der Waals surface area contributed by atoms with Crippen LogP contribution in [0.4, 0.5) is 11.8 Å². The molecule has 0 spiro atoms. The molecule has 0 aliphatic rings. The van der Waals surface area contributed by atoms with Gasteiger partial charge in [0.1, 0.15) is 5.82 Å². The van der Waals surface area contributed by atoms with Gasteiger partial charge in [-0.25, -0.2) is 4.98 Å². The Kier molecular flexibility index (Phi) is 9.19. The van der Waals surface area contributed by atoms with E-state index in [4.69, 9.17) is 54.6 Å². The molecule has 10 heteroatoms. The number of rotatable bonds is 6. The van der Waals surface area contributed by atoms with Gasteiger partial charge in [-0.15, -0.1) is 0 Å². The van der Waals surface area contributed by atoms with Crippen molar-refractivity contribution in [3.8, 4) is 17.2 Å². The number of hydrogen-bond acceptors (Lipinski definition) is 8. The van der Waals surface area contributed by atoms with Crippen LogP contribution in [0.5, 0.6) is 17.2 Å². The SMILES string of the molecule is CC(N)c1cc(Cl)cc(Cl)c1.COc1cc(Cc2cnc(N)nc2N)cc(OC)c1OC. The van der Waals surface area contributed by atoms with E-state index in [0.717, 1.165) is 16.7 Å². The van der Waals surface area contributed by atoms with E-state index in [9.17, 15) is 0 Å². The first kappa shape index (κ1) is 25.3. The number of anilines is 2. The van der Waals surface area contributed by atoms with E-state index in [1.165, 1.54) is 0 Å². The van der Waals surface area contributed by atoms with Gasteiger partial charge in [-0.2, -0.15) is 4.98 Å². The van der Waals surface area contributed by atoms with E-state index in [-0.39, 0.29) is 12.0 Å². The third-order valence-electron chi connectivity index (χ3n) is 4.45. The summed E-state index contributed by atoms with van der Waals surface area (Å²) in [5, 5.41) is 1.26. The maximum Gasteiger partial charge on any atom is 0.221 e. The van der Waals surface area contributed by atoms with E-state index < -0.39 is 0 Å². The van der Waals surface area contributed by atoms with Crippen molar-refractivity contribution >= 4 is 35.0 Å². The molecule has 1 atom stereocenters. The average molecular weight is 480 g/mol. The Morgan fingerprint density at radius 2 is 1.47 bits per heavy atom. The topological polar surface area (TPSA) is 132 Å². The Morgan fingerprint density at radius 1 is 0.906 bits per heavy atom. The van der Waals surface area contributed by atoms with E-state index in [2.05, 4.69) is 9.97 Å². The summed E-state index contributed by atoms with van der Waals surface area (Å²) in [6, 6.07) is 9.02. The Labute approximate surface area is 197 Å². The number of aromatic nitrogens is 2. The van der Waals surface area contributed by atoms with E-state index in [1.54, 1.807) is 33.6 Å². The standard InChI is InChI=1S/C14H18N4O3.C8H9Cl2N/c1-19-10-5-8(6-11(20-2)12(10)21-3)4-9-7-17-14(16)18-13(9)15;1-5(11)6-2-7(9)4-8(10)3-6/h5-7H,4H2,1-3H3,(H4,15,16,17,18);2-5H,11H2,1H3. The van der Waals surface area contributed by atoms with Crippen LogP contribution in [0, 0.1) is 0 Å². The maximum atomic E-state index is 5.85. The quantitative estimate of drug-likeness (QED) is 0.477. The molecule has 172 valence electrons. The minimum absolute atomic E-state index is 0.0220. The highest BCUT2D eigenvalue weighted by Gasteiger charge is 2.14. The van der Waals surface area contributed by atoms with E-state index >= 15 is 0 Å². The highest BCUT2D eigenvalue weighted by atomic mass is 35.5. The van der Waals surface area contributed by atoms with Gasteiger partial charge < -0.3 is 31.4 Å². The summed E-state index contributed by atoms with van der Waals surface area (Å²) in [7, 11) is 4.70. The molecule has 0 aliphatic carbocycles. The molecular formula is C22H27Cl2N5O3. The van der Waals surface area contributed by atoms with Crippen molar-refractivity contribution in [1.29, 1.82) is 0 Å². The molecule has 1 aromatic heterocycles. The van der Waals surface area contributed by atoms with Crippen LogP contribution in [0.2, 0.25) is 10.0 Å². The van der Waals surface area contributed by atoms with Crippen molar-refractivity contribution < 1.29 is 14.2 Å². The molecule has 32 heavy (non-hydrogen) atoms. The van der Waals surface area contributed by atoms with Crippen LogP contribution in [-0.2, 0) is 6.42 Å². The summed E-state index contributed by atoms with van der Waals surface area (Å²) in [4.78, 5) is 7.90. The minimum atomic E-state index is -0.0220. The summed E-state index contributed by atoms with van der Waals surface area (Å²) in [5.41, 5.74) is 19.6. The third-order valence-corrected chi connectivity index (χ3v) is 4.88. The van der Waals surface area contributed by atoms with Gasteiger partial charge >= 0.3 is 0 Å². The van der Waals surface area contributed by atoms with Crippen molar-refractivity contribution in [2.75, 3.05) is 32.8 Å². The normalized spacial score (nSPS) is 11.2. The summed E-state index contributed by atoms with van der Waals surface area (Å²) < 4.78 is 15.9. The lowest BCUT2D eigenvalue weighted by Gasteiger charge is -2.14. The second-order valence-electron chi connectivity index (χ2n) is 6.84. The van der Waals surface area contributed by atoms with Crippen LogP contribution >= 0.6 is 23.2 Å². The molecule has 8 nitrogen and oxygen atoms in total. The number of nitrogen functional groups attached to an aromatic ring is 2. The minimum Gasteiger partial charge on any atom is -0.493 e. The predicted octanol–water partition coefficient (Wildman–Crippen LogP) is 4.27. The highest BCUT2D eigenvalue weighted by molar-refractivity contribution is 6.34. The molecule has 0 fully saturated rings. The Balaban J connectivity index is 0.000000278. The van der Waals surface area contributed by atoms with Crippen LogP contribution < -0.4 is 31.4 Å². The first-order valence-corrected chi connectivity index (χ1v) is 10.3. The van der Waals surface area contributed by atoms with Gasteiger partial charge in [0.05, 0.1) is 21.3 Å². The number of methoxy groups -OCH3 is 3. The van der Waals surface area contributed by atoms with Crippen LogP contribution in [0.15, 0.2) is 36.5 Å². The zero-order valence-electron chi connectivity index (χ0n) is 18.4. The van der Waals surface area contributed by atoms with Crippen molar-refractivity contribution in [2.24, 2.45) is 5.73 Å². The zero-order valence-corrected chi connectivity index (χ0v) is 19.9.